The highest BCUT2D eigenvalue weighted by Crippen LogP contribution is 2.40. The van der Waals surface area contributed by atoms with Crippen molar-refractivity contribution in [3.8, 4) is 11.5 Å². The summed E-state index contributed by atoms with van der Waals surface area (Å²) in [5.74, 6) is 0.641. The van der Waals surface area contributed by atoms with Gasteiger partial charge in [-0.1, -0.05) is 46.4 Å². The predicted octanol–water partition coefficient (Wildman–Crippen LogP) is 9.52. The van der Waals surface area contributed by atoms with Crippen LogP contribution in [0.5, 0.6) is 11.5 Å². The lowest BCUT2D eigenvalue weighted by Gasteiger charge is -2.33. The van der Waals surface area contributed by atoms with Gasteiger partial charge in [0.25, 0.3) is 0 Å². The summed E-state index contributed by atoms with van der Waals surface area (Å²) in [7, 11) is 0. The number of allylic oxidation sites excluding steroid dienone is 7. The SMILES string of the molecule is C=C(C)C(=O)Oc1ccc([N+](=C2C=CC(=C3C(=O)C(c4ccc(N(c5ccc(OCC6CO6)cc5)C(CC)CC)cc4)=C3O)C=C2)C(CC)CC)cc1. The van der Waals surface area contributed by atoms with Crippen LogP contribution in [0, 0.1) is 0 Å². The maximum Gasteiger partial charge on any atom is 0.338 e. The minimum atomic E-state index is -0.460. The fraction of sp³-hybridized carbons (Fsp3) is 0.311. The summed E-state index contributed by atoms with van der Waals surface area (Å²) in [5, 5.41) is 11.3. The summed E-state index contributed by atoms with van der Waals surface area (Å²) in [6, 6.07) is 23.9. The van der Waals surface area contributed by atoms with Gasteiger partial charge in [0.05, 0.1) is 17.8 Å². The van der Waals surface area contributed by atoms with E-state index in [1.54, 1.807) is 19.1 Å². The number of hydrogen-bond donors (Lipinski definition) is 1. The van der Waals surface area contributed by atoms with Crippen LogP contribution in [0.4, 0.5) is 17.1 Å². The number of esters is 1. The van der Waals surface area contributed by atoms with Crippen LogP contribution >= 0.6 is 0 Å². The van der Waals surface area contributed by atoms with E-state index in [9.17, 15) is 14.7 Å². The third-order valence-electron chi connectivity index (χ3n) is 10.0. The van der Waals surface area contributed by atoms with Crippen LogP contribution in [0.2, 0.25) is 0 Å². The Morgan fingerprint density at radius 1 is 0.849 bits per heavy atom. The van der Waals surface area contributed by atoms with E-state index in [4.69, 9.17) is 14.2 Å². The largest absolute Gasteiger partial charge is 0.506 e. The molecule has 6 rings (SSSR count). The predicted molar refractivity (Wildman–Crippen MR) is 211 cm³/mol. The number of aliphatic hydroxyl groups is 1. The summed E-state index contributed by atoms with van der Waals surface area (Å²) >= 11 is 0. The van der Waals surface area contributed by atoms with Crippen molar-refractivity contribution in [1.82, 2.24) is 0 Å². The maximum absolute atomic E-state index is 13.6. The zero-order chi connectivity index (χ0) is 37.6. The molecule has 3 aliphatic rings. The number of Topliss-reactive ketones (excluding diaryl/α,β-unsaturated/α-hetero) is 1. The second-order valence-electron chi connectivity index (χ2n) is 13.6. The van der Waals surface area contributed by atoms with Gasteiger partial charge in [-0.3, -0.25) is 4.79 Å². The van der Waals surface area contributed by atoms with Crippen molar-refractivity contribution in [3.05, 3.63) is 132 Å². The molecule has 3 aromatic carbocycles. The third-order valence-corrected chi connectivity index (χ3v) is 10.0. The Morgan fingerprint density at radius 2 is 1.42 bits per heavy atom. The van der Waals surface area contributed by atoms with Crippen molar-refractivity contribution in [2.24, 2.45) is 0 Å². The topological polar surface area (TPSA) is 91.6 Å². The third kappa shape index (κ3) is 8.13. The van der Waals surface area contributed by atoms with Gasteiger partial charge in [-0.05, 0) is 91.6 Å². The van der Waals surface area contributed by atoms with Crippen molar-refractivity contribution in [2.75, 3.05) is 18.1 Å². The summed E-state index contributed by atoms with van der Waals surface area (Å²) in [5.41, 5.74) is 6.33. The number of benzene rings is 3. The number of carbonyl (C=O) groups is 2. The molecule has 1 saturated heterocycles. The molecule has 53 heavy (non-hydrogen) atoms. The summed E-state index contributed by atoms with van der Waals surface area (Å²) in [4.78, 5) is 27.9. The Bertz CT molecular complexity index is 1990. The Labute approximate surface area is 312 Å². The molecule has 1 unspecified atom stereocenters. The number of ketones is 1. The fourth-order valence-electron chi connectivity index (χ4n) is 6.89. The molecule has 0 bridgehead atoms. The highest BCUT2D eigenvalue weighted by Gasteiger charge is 2.37. The normalized spacial score (nSPS) is 16.3. The minimum absolute atomic E-state index is 0.0104. The van der Waals surface area contributed by atoms with E-state index in [-0.39, 0.29) is 29.7 Å². The average Bonchev–Trinajstić information content (AvgIpc) is 4.01. The number of hydrogen-bond acceptors (Lipinski definition) is 7. The molecule has 1 atom stereocenters. The minimum Gasteiger partial charge on any atom is -0.506 e. The van der Waals surface area contributed by atoms with E-state index in [1.807, 2.05) is 72.8 Å². The molecule has 1 fully saturated rings. The van der Waals surface area contributed by atoms with E-state index >= 15 is 0 Å². The maximum atomic E-state index is 13.6. The van der Waals surface area contributed by atoms with E-state index in [0.29, 0.717) is 40.2 Å². The second kappa shape index (κ2) is 16.5. The molecule has 0 saturated carbocycles. The Morgan fingerprint density at radius 3 is 1.92 bits per heavy atom. The molecule has 8 heteroatoms. The lowest BCUT2D eigenvalue weighted by atomic mass is 9.80. The van der Waals surface area contributed by atoms with Gasteiger partial charge in [0, 0.05) is 60.1 Å². The Kier molecular flexibility index (Phi) is 11.6. The van der Waals surface area contributed by atoms with Crippen molar-refractivity contribution in [1.29, 1.82) is 0 Å². The first kappa shape index (κ1) is 37.3. The molecule has 2 aliphatic carbocycles. The first-order valence-electron chi connectivity index (χ1n) is 18.6. The van der Waals surface area contributed by atoms with Gasteiger partial charge in [0.2, 0.25) is 17.2 Å². The van der Waals surface area contributed by atoms with Crippen LogP contribution in [0.1, 0.15) is 65.9 Å². The molecular formula is C45H49N2O6+. The van der Waals surface area contributed by atoms with Crippen molar-refractivity contribution in [2.45, 2.75) is 78.5 Å². The molecule has 3 aromatic rings. The van der Waals surface area contributed by atoms with Crippen LogP contribution in [-0.4, -0.2) is 58.5 Å². The molecule has 1 heterocycles. The van der Waals surface area contributed by atoms with E-state index in [0.717, 1.165) is 60.8 Å². The molecule has 274 valence electrons. The van der Waals surface area contributed by atoms with Crippen molar-refractivity contribution >= 4 is 40.1 Å². The zero-order valence-electron chi connectivity index (χ0n) is 31.3. The standard InChI is InChI=1S/C45H48N2O6/c1-7-32(8-2)46(36-19-23-38(24-20-36)51-27-40-28-52-40)34-15-11-30(12-16-34)41-43(48)42(44(41)49)31-13-17-35(18-14-31)47(33(9-3)10-4)37-21-25-39(26-22-37)53-45(50)29(5)6/h11-26,32-33,40H,5,7-10,27-28H2,1-4,6H3/p+1. The number of rotatable bonds is 15. The van der Waals surface area contributed by atoms with Gasteiger partial charge in [0.15, 0.2) is 6.04 Å². The number of carbonyl (C=O) groups excluding carboxylic acids is 2. The monoisotopic (exact) mass is 713 g/mol. The molecule has 0 aromatic heterocycles. The molecular weight excluding hydrogens is 665 g/mol. The van der Waals surface area contributed by atoms with Gasteiger partial charge in [-0.15, -0.1) is 0 Å². The van der Waals surface area contributed by atoms with E-state index in [1.165, 1.54) is 0 Å². The molecule has 0 amide bonds. The average molecular weight is 714 g/mol. The van der Waals surface area contributed by atoms with Gasteiger partial charge < -0.3 is 24.2 Å². The Balaban J connectivity index is 1.23. The zero-order valence-corrected chi connectivity index (χ0v) is 31.3. The first-order valence-corrected chi connectivity index (χ1v) is 18.6. The smallest absolute Gasteiger partial charge is 0.338 e. The van der Waals surface area contributed by atoms with E-state index < -0.39 is 5.97 Å². The first-order chi connectivity index (χ1) is 25.7. The van der Waals surface area contributed by atoms with Crippen molar-refractivity contribution < 1.29 is 33.5 Å². The number of nitrogens with zero attached hydrogens (tertiary/aromatic N) is 2. The van der Waals surface area contributed by atoms with Gasteiger partial charge >= 0.3 is 5.97 Å². The second-order valence-corrected chi connectivity index (χ2v) is 13.6. The van der Waals surface area contributed by atoms with Gasteiger partial charge in [-0.25, -0.2) is 4.79 Å². The van der Waals surface area contributed by atoms with Crippen LogP contribution < -0.4 is 14.4 Å². The summed E-state index contributed by atoms with van der Waals surface area (Å²) < 4.78 is 18.8. The van der Waals surface area contributed by atoms with E-state index in [2.05, 4.69) is 55.9 Å². The fourth-order valence-corrected chi connectivity index (χ4v) is 6.89. The Hall–Kier alpha value is -5.47. The molecule has 8 nitrogen and oxygen atoms in total. The van der Waals surface area contributed by atoms with Crippen LogP contribution in [0.15, 0.2) is 126 Å². The molecule has 0 spiro atoms. The number of epoxide rings is 1. The van der Waals surface area contributed by atoms with Crippen LogP contribution in [0.25, 0.3) is 5.57 Å². The number of aliphatic hydroxyl groups excluding tert-OH is 1. The highest BCUT2D eigenvalue weighted by atomic mass is 16.6. The lowest BCUT2D eigenvalue weighted by molar-refractivity contribution is -0.484. The molecule has 0 radical (unpaired) electrons. The molecule has 1 aliphatic heterocycles. The van der Waals surface area contributed by atoms with Crippen molar-refractivity contribution in [3.63, 3.8) is 0 Å². The van der Waals surface area contributed by atoms with Crippen LogP contribution in [0.3, 0.4) is 0 Å². The number of ether oxygens (including phenoxy) is 3. The highest BCUT2D eigenvalue weighted by molar-refractivity contribution is 6.39. The van der Waals surface area contributed by atoms with Gasteiger partial charge in [0.1, 0.15) is 30.0 Å². The lowest BCUT2D eigenvalue weighted by Crippen LogP contribution is -2.30. The summed E-state index contributed by atoms with van der Waals surface area (Å²) in [6.45, 7) is 15.3. The van der Waals surface area contributed by atoms with Gasteiger partial charge in [-0.2, -0.15) is 4.58 Å². The number of anilines is 2. The molecule has 1 N–H and O–H groups in total. The van der Waals surface area contributed by atoms with Crippen LogP contribution in [-0.2, 0) is 14.3 Å². The summed E-state index contributed by atoms with van der Waals surface area (Å²) in [6.07, 6.45) is 11.7. The quantitative estimate of drug-likeness (QED) is 0.0552.